The van der Waals surface area contributed by atoms with Gasteiger partial charge in [0.25, 0.3) is 0 Å². The van der Waals surface area contributed by atoms with Gasteiger partial charge in [-0.2, -0.15) is 0 Å². The third-order valence-corrected chi connectivity index (χ3v) is 4.41. The van der Waals surface area contributed by atoms with Crippen LogP contribution in [0.25, 0.3) is 6.08 Å². The van der Waals surface area contributed by atoms with Gasteiger partial charge in [-0.15, -0.1) is 0 Å². The third-order valence-electron chi connectivity index (χ3n) is 4.41. The molecule has 0 atom stereocenters. The van der Waals surface area contributed by atoms with Crippen molar-refractivity contribution in [3.05, 3.63) is 76.4 Å². The minimum Gasteiger partial charge on any atom is -0.212 e. The summed E-state index contributed by atoms with van der Waals surface area (Å²) in [5, 5.41) is 0. The van der Waals surface area contributed by atoms with Crippen LogP contribution in [0.3, 0.4) is 0 Å². The van der Waals surface area contributed by atoms with E-state index in [1.54, 1.807) is 6.07 Å². The summed E-state index contributed by atoms with van der Waals surface area (Å²) < 4.78 is 27.9. The molecule has 0 N–H and O–H groups in total. The predicted octanol–water partition coefficient (Wildman–Crippen LogP) is 7.06. The molecule has 0 saturated carbocycles. The number of unbranched alkanes of at least 4 members (excludes halogenated alkanes) is 1. The molecule has 2 heteroatoms. The average Bonchev–Trinajstić information content (AvgIpc) is 2.62. The Kier molecular flexibility index (Phi) is 7.84. The lowest BCUT2D eigenvalue weighted by atomic mass is 10.0. The zero-order valence-corrected chi connectivity index (χ0v) is 15.3. The van der Waals surface area contributed by atoms with Crippen molar-refractivity contribution in [2.24, 2.45) is 0 Å². The minimum atomic E-state index is -0.345. The second-order valence-corrected chi connectivity index (χ2v) is 6.62. The molecule has 0 heterocycles. The van der Waals surface area contributed by atoms with Gasteiger partial charge in [0.1, 0.15) is 11.6 Å². The van der Waals surface area contributed by atoms with E-state index in [4.69, 9.17) is 0 Å². The second-order valence-electron chi connectivity index (χ2n) is 6.62. The van der Waals surface area contributed by atoms with Gasteiger partial charge >= 0.3 is 0 Å². The molecule has 0 nitrogen and oxygen atoms in total. The average molecular weight is 342 g/mol. The Morgan fingerprint density at radius 2 is 1.44 bits per heavy atom. The predicted molar refractivity (Wildman–Crippen MR) is 103 cm³/mol. The van der Waals surface area contributed by atoms with Crippen molar-refractivity contribution in [3.63, 3.8) is 0 Å². The van der Waals surface area contributed by atoms with Crippen LogP contribution in [0, 0.1) is 5.82 Å². The van der Waals surface area contributed by atoms with E-state index < -0.39 is 0 Å². The maximum absolute atomic E-state index is 14.2. The fourth-order valence-electron chi connectivity index (χ4n) is 2.88. The number of hydrogen-bond donors (Lipinski definition) is 0. The van der Waals surface area contributed by atoms with Crippen molar-refractivity contribution in [2.45, 2.75) is 58.8 Å². The second kappa shape index (κ2) is 10.1. The standard InChI is InChI=1S/C23H28F2/c1-3-5-7-22(24)17-21-15-14-20(16-23(21)25)13-12-19-10-8-18(6-4-2)9-11-19/h8-11,14-17H,3-7,12-13H2,1-2H3/b22-17+. The van der Waals surface area contributed by atoms with E-state index in [0.29, 0.717) is 12.0 Å². The number of allylic oxidation sites excluding steroid dienone is 1. The van der Waals surface area contributed by atoms with Gasteiger partial charge in [0, 0.05) is 5.56 Å². The van der Waals surface area contributed by atoms with E-state index in [9.17, 15) is 8.78 Å². The Balaban J connectivity index is 1.96. The Labute approximate surface area is 150 Å². The minimum absolute atomic E-state index is 0.249. The van der Waals surface area contributed by atoms with Gasteiger partial charge in [-0.05, 0) is 60.9 Å². The van der Waals surface area contributed by atoms with E-state index >= 15 is 0 Å². The van der Waals surface area contributed by atoms with Crippen molar-refractivity contribution in [1.29, 1.82) is 0 Å². The van der Waals surface area contributed by atoms with Crippen LogP contribution in [0.5, 0.6) is 0 Å². The molecule has 0 saturated heterocycles. The molecule has 0 aromatic heterocycles. The van der Waals surface area contributed by atoms with E-state index in [0.717, 1.165) is 44.1 Å². The molecule has 0 fully saturated rings. The lowest BCUT2D eigenvalue weighted by molar-refractivity contribution is 0.574. The van der Waals surface area contributed by atoms with E-state index in [1.807, 2.05) is 13.0 Å². The number of aryl methyl sites for hydroxylation is 3. The first kappa shape index (κ1) is 19.4. The monoisotopic (exact) mass is 342 g/mol. The molecule has 0 amide bonds. The fraction of sp³-hybridized carbons (Fsp3) is 0.391. The van der Waals surface area contributed by atoms with Gasteiger partial charge in [-0.25, -0.2) is 8.78 Å². The van der Waals surface area contributed by atoms with Gasteiger partial charge in [-0.3, -0.25) is 0 Å². The van der Waals surface area contributed by atoms with E-state index in [1.165, 1.54) is 23.3 Å². The molecule has 0 spiro atoms. The Morgan fingerprint density at radius 1 is 0.840 bits per heavy atom. The van der Waals surface area contributed by atoms with Crippen molar-refractivity contribution in [3.8, 4) is 0 Å². The highest BCUT2D eigenvalue weighted by Gasteiger charge is 2.04. The summed E-state index contributed by atoms with van der Waals surface area (Å²) in [6.45, 7) is 4.19. The number of halogens is 2. The molecule has 0 bridgehead atoms. The zero-order chi connectivity index (χ0) is 18.1. The summed E-state index contributed by atoms with van der Waals surface area (Å²) in [6, 6.07) is 13.8. The molecule has 2 aromatic carbocycles. The molecule has 25 heavy (non-hydrogen) atoms. The number of benzene rings is 2. The van der Waals surface area contributed by atoms with Crippen LogP contribution in [0.4, 0.5) is 8.78 Å². The fourth-order valence-corrected chi connectivity index (χ4v) is 2.88. The van der Waals surface area contributed by atoms with E-state index in [2.05, 4.69) is 31.2 Å². The highest BCUT2D eigenvalue weighted by Crippen LogP contribution is 2.19. The quantitative estimate of drug-likeness (QED) is 0.457. The van der Waals surface area contributed by atoms with Crippen LogP contribution in [-0.4, -0.2) is 0 Å². The molecular weight excluding hydrogens is 314 g/mol. The van der Waals surface area contributed by atoms with Crippen LogP contribution >= 0.6 is 0 Å². The summed E-state index contributed by atoms with van der Waals surface area (Å²) in [5.41, 5.74) is 3.90. The number of rotatable bonds is 9. The third kappa shape index (κ3) is 6.45. The summed E-state index contributed by atoms with van der Waals surface area (Å²) in [4.78, 5) is 0. The summed E-state index contributed by atoms with van der Waals surface area (Å²) in [7, 11) is 0. The highest BCUT2D eigenvalue weighted by atomic mass is 19.1. The molecule has 0 radical (unpaired) electrons. The van der Waals surface area contributed by atoms with Crippen molar-refractivity contribution < 1.29 is 8.78 Å². The SMILES string of the molecule is CCCC/C(F)=C\c1ccc(CCc2ccc(CCC)cc2)cc1F. The topological polar surface area (TPSA) is 0 Å². The summed E-state index contributed by atoms with van der Waals surface area (Å²) in [5.74, 6) is -0.594. The Bertz CT molecular complexity index is 684. The zero-order valence-electron chi connectivity index (χ0n) is 15.3. The van der Waals surface area contributed by atoms with Crippen molar-refractivity contribution in [1.82, 2.24) is 0 Å². The summed E-state index contributed by atoms with van der Waals surface area (Å²) in [6.07, 6.45) is 7.35. The first-order chi connectivity index (χ1) is 12.1. The van der Waals surface area contributed by atoms with Crippen LogP contribution in [0.1, 0.15) is 61.8 Å². The molecule has 0 unspecified atom stereocenters. The largest absolute Gasteiger partial charge is 0.212 e. The maximum Gasteiger partial charge on any atom is 0.130 e. The Morgan fingerprint density at radius 3 is 2.04 bits per heavy atom. The van der Waals surface area contributed by atoms with Crippen molar-refractivity contribution in [2.75, 3.05) is 0 Å². The molecule has 134 valence electrons. The summed E-state index contributed by atoms with van der Waals surface area (Å²) >= 11 is 0. The normalized spacial score (nSPS) is 11.8. The maximum atomic E-state index is 14.2. The van der Waals surface area contributed by atoms with Gasteiger partial charge in [0.2, 0.25) is 0 Å². The lowest BCUT2D eigenvalue weighted by Crippen LogP contribution is -1.94. The van der Waals surface area contributed by atoms with Crippen molar-refractivity contribution >= 4 is 6.08 Å². The van der Waals surface area contributed by atoms with Crippen LogP contribution < -0.4 is 0 Å². The molecular formula is C23H28F2. The molecule has 0 aliphatic rings. The first-order valence-corrected chi connectivity index (χ1v) is 9.34. The molecule has 2 rings (SSSR count). The van der Waals surface area contributed by atoms with Gasteiger partial charge < -0.3 is 0 Å². The van der Waals surface area contributed by atoms with Gasteiger partial charge in [0.05, 0.1) is 0 Å². The van der Waals surface area contributed by atoms with Gasteiger partial charge in [0.15, 0.2) is 0 Å². The lowest BCUT2D eigenvalue weighted by Gasteiger charge is -2.06. The molecule has 0 aliphatic heterocycles. The Hall–Kier alpha value is -1.96. The molecule has 2 aromatic rings. The first-order valence-electron chi connectivity index (χ1n) is 9.34. The van der Waals surface area contributed by atoms with Crippen LogP contribution in [-0.2, 0) is 19.3 Å². The smallest absolute Gasteiger partial charge is 0.130 e. The highest BCUT2D eigenvalue weighted by molar-refractivity contribution is 5.52. The van der Waals surface area contributed by atoms with Crippen LogP contribution in [0.2, 0.25) is 0 Å². The molecule has 0 aliphatic carbocycles. The number of hydrogen-bond acceptors (Lipinski definition) is 0. The van der Waals surface area contributed by atoms with Crippen LogP contribution in [0.15, 0.2) is 48.3 Å². The van der Waals surface area contributed by atoms with E-state index in [-0.39, 0.29) is 11.6 Å². The van der Waals surface area contributed by atoms with Gasteiger partial charge in [-0.1, -0.05) is 63.1 Å².